The average molecular weight is 412 g/mol. The molecule has 0 spiro atoms. The van der Waals surface area contributed by atoms with Gasteiger partial charge in [0.15, 0.2) is 10.9 Å². The van der Waals surface area contributed by atoms with E-state index in [0.29, 0.717) is 32.6 Å². The lowest BCUT2D eigenvalue weighted by Crippen LogP contribution is -2.23. The molecule has 0 saturated carbocycles. The molecule has 0 bridgehead atoms. The summed E-state index contributed by atoms with van der Waals surface area (Å²) in [4.78, 5) is 35.9. The van der Waals surface area contributed by atoms with Crippen LogP contribution < -0.4 is 15.8 Å². The number of hydrogen-bond donors (Lipinski definition) is 2. The van der Waals surface area contributed by atoms with Gasteiger partial charge in [-0.1, -0.05) is 25.1 Å². The van der Waals surface area contributed by atoms with Gasteiger partial charge in [0.2, 0.25) is 0 Å². The Morgan fingerprint density at radius 1 is 0.742 bits per heavy atom. The Labute approximate surface area is 179 Å². The normalized spacial score (nSPS) is 11.7. The molecular formula is C26H25N3O2. The topological polar surface area (TPSA) is 69.0 Å². The first-order chi connectivity index (χ1) is 15.1. The van der Waals surface area contributed by atoms with Gasteiger partial charge < -0.3 is 14.9 Å². The third kappa shape index (κ3) is 2.84. The van der Waals surface area contributed by atoms with E-state index in [0.717, 1.165) is 41.8 Å². The van der Waals surface area contributed by atoms with E-state index in [1.165, 1.54) is 0 Å². The molecule has 2 heterocycles. The van der Waals surface area contributed by atoms with Crippen molar-refractivity contribution in [2.75, 3.05) is 18.0 Å². The largest absolute Gasteiger partial charge is 0.371 e. The molecule has 0 atom stereocenters. The summed E-state index contributed by atoms with van der Waals surface area (Å²) < 4.78 is 0. The Balaban J connectivity index is 1.93. The van der Waals surface area contributed by atoms with Crippen molar-refractivity contribution >= 4 is 49.3 Å². The number of aromatic nitrogens is 2. The number of aromatic amines is 2. The summed E-state index contributed by atoms with van der Waals surface area (Å²) in [5.74, 6) is 0. The first-order valence-corrected chi connectivity index (χ1v) is 10.9. The minimum absolute atomic E-state index is 0.0150. The predicted octanol–water partition coefficient (Wildman–Crippen LogP) is 5.08. The fourth-order valence-electron chi connectivity index (χ4n) is 4.68. The van der Waals surface area contributed by atoms with Gasteiger partial charge in [0.05, 0.1) is 33.1 Å². The Bertz CT molecular complexity index is 1590. The van der Waals surface area contributed by atoms with Gasteiger partial charge in [0.25, 0.3) is 0 Å². The number of fused-ring (bicyclic) bond motifs is 4. The van der Waals surface area contributed by atoms with Crippen LogP contribution in [0.3, 0.4) is 0 Å². The molecular weight excluding hydrogens is 386 g/mol. The standard InChI is InChI=1S/C26H25N3O2/c1-4-15-9-7-10-16-24(15)28-21-14-18-20(13-17(21)25(16)30)27-19-11-8-12-22(23(19)26(18)31)29(5-2)6-3/h7-14H,4-6H2,1-3H3,(H,27,31)(H,28,30). The number of nitrogens with one attached hydrogen (secondary N) is 2. The summed E-state index contributed by atoms with van der Waals surface area (Å²) in [6, 6.07) is 15.3. The van der Waals surface area contributed by atoms with Crippen molar-refractivity contribution in [3.8, 4) is 0 Å². The number of aryl methyl sites for hydroxylation is 1. The second-order valence-corrected chi connectivity index (χ2v) is 7.92. The molecule has 5 heteroatoms. The zero-order valence-corrected chi connectivity index (χ0v) is 18.0. The molecule has 2 aromatic heterocycles. The number of nitrogens with zero attached hydrogens (tertiary/aromatic N) is 1. The van der Waals surface area contributed by atoms with Crippen LogP contribution in [0, 0.1) is 0 Å². The molecule has 31 heavy (non-hydrogen) atoms. The number of hydrogen-bond acceptors (Lipinski definition) is 3. The first kappa shape index (κ1) is 19.4. The molecule has 0 aliphatic rings. The number of anilines is 1. The van der Waals surface area contributed by atoms with Crippen LogP contribution in [0.25, 0.3) is 43.6 Å². The smallest absolute Gasteiger partial charge is 0.199 e. The molecule has 0 amide bonds. The molecule has 0 radical (unpaired) electrons. The minimum Gasteiger partial charge on any atom is -0.371 e. The quantitative estimate of drug-likeness (QED) is 0.405. The van der Waals surface area contributed by atoms with Crippen molar-refractivity contribution < 1.29 is 0 Å². The predicted molar refractivity (Wildman–Crippen MR) is 131 cm³/mol. The first-order valence-electron chi connectivity index (χ1n) is 10.9. The summed E-state index contributed by atoms with van der Waals surface area (Å²) in [5.41, 5.74) is 5.00. The number of benzene rings is 3. The second-order valence-electron chi connectivity index (χ2n) is 7.92. The van der Waals surface area contributed by atoms with Gasteiger partial charge in [-0.15, -0.1) is 0 Å². The van der Waals surface area contributed by atoms with Gasteiger partial charge in [-0.2, -0.15) is 0 Å². The molecule has 0 fully saturated rings. The molecule has 0 unspecified atom stereocenters. The number of pyridine rings is 2. The highest BCUT2D eigenvalue weighted by molar-refractivity contribution is 6.05. The summed E-state index contributed by atoms with van der Waals surface area (Å²) in [7, 11) is 0. The van der Waals surface area contributed by atoms with E-state index in [2.05, 4.69) is 35.6 Å². The van der Waals surface area contributed by atoms with E-state index < -0.39 is 0 Å². The summed E-state index contributed by atoms with van der Waals surface area (Å²) in [5, 5.41) is 2.54. The molecule has 5 nitrogen and oxygen atoms in total. The van der Waals surface area contributed by atoms with E-state index in [-0.39, 0.29) is 10.9 Å². The van der Waals surface area contributed by atoms with Crippen molar-refractivity contribution in [2.45, 2.75) is 27.2 Å². The maximum atomic E-state index is 13.6. The van der Waals surface area contributed by atoms with Gasteiger partial charge in [0, 0.05) is 29.2 Å². The van der Waals surface area contributed by atoms with Crippen LogP contribution in [0.15, 0.2) is 58.1 Å². The highest BCUT2D eigenvalue weighted by Gasteiger charge is 2.15. The van der Waals surface area contributed by atoms with Crippen molar-refractivity contribution in [1.82, 2.24) is 9.97 Å². The second kappa shape index (κ2) is 7.27. The van der Waals surface area contributed by atoms with Gasteiger partial charge in [0.1, 0.15) is 0 Å². The zero-order chi connectivity index (χ0) is 21.7. The van der Waals surface area contributed by atoms with Crippen LogP contribution in [0.2, 0.25) is 0 Å². The number of para-hydroxylation sites is 1. The molecule has 156 valence electrons. The van der Waals surface area contributed by atoms with Gasteiger partial charge in [-0.05, 0) is 56.2 Å². The van der Waals surface area contributed by atoms with Crippen LogP contribution >= 0.6 is 0 Å². The van der Waals surface area contributed by atoms with Crippen molar-refractivity contribution in [2.24, 2.45) is 0 Å². The monoisotopic (exact) mass is 411 g/mol. The Morgan fingerprint density at radius 3 is 2.13 bits per heavy atom. The third-order valence-corrected chi connectivity index (χ3v) is 6.33. The zero-order valence-electron chi connectivity index (χ0n) is 18.0. The van der Waals surface area contributed by atoms with Gasteiger partial charge in [-0.25, -0.2) is 0 Å². The molecule has 0 aliphatic carbocycles. The highest BCUT2D eigenvalue weighted by Crippen LogP contribution is 2.27. The molecule has 0 aliphatic heterocycles. The van der Waals surface area contributed by atoms with Crippen molar-refractivity contribution in [1.29, 1.82) is 0 Å². The van der Waals surface area contributed by atoms with Crippen LogP contribution in [0.4, 0.5) is 5.69 Å². The summed E-state index contributed by atoms with van der Waals surface area (Å²) in [6.07, 6.45) is 0.824. The van der Waals surface area contributed by atoms with E-state index in [1.54, 1.807) is 0 Å². The van der Waals surface area contributed by atoms with Crippen LogP contribution in [-0.2, 0) is 6.42 Å². The SMILES string of the molecule is CCc1cccc2c(=O)c3cc4[nH]c5cccc(N(CC)CC)c5c(=O)c4cc3[nH]c12. The molecule has 0 saturated heterocycles. The summed E-state index contributed by atoms with van der Waals surface area (Å²) in [6.45, 7) is 7.90. The molecule has 5 aromatic rings. The maximum Gasteiger partial charge on any atom is 0.199 e. The van der Waals surface area contributed by atoms with Gasteiger partial charge >= 0.3 is 0 Å². The minimum atomic E-state index is -0.0159. The summed E-state index contributed by atoms with van der Waals surface area (Å²) >= 11 is 0. The lowest BCUT2D eigenvalue weighted by Gasteiger charge is -2.22. The molecule has 5 rings (SSSR count). The van der Waals surface area contributed by atoms with Gasteiger partial charge in [-0.3, -0.25) is 9.59 Å². The Hall–Kier alpha value is -3.60. The van der Waals surface area contributed by atoms with Crippen molar-refractivity contribution in [3.63, 3.8) is 0 Å². The van der Waals surface area contributed by atoms with Crippen molar-refractivity contribution in [3.05, 3.63) is 74.5 Å². The number of rotatable bonds is 4. The lowest BCUT2D eigenvalue weighted by molar-refractivity contribution is 0.870. The Morgan fingerprint density at radius 2 is 1.42 bits per heavy atom. The molecule has 3 aromatic carbocycles. The molecule has 2 N–H and O–H groups in total. The fraction of sp³-hybridized carbons (Fsp3) is 0.231. The van der Waals surface area contributed by atoms with Crippen LogP contribution in [-0.4, -0.2) is 23.1 Å². The van der Waals surface area contributed by atoms with E-state index >= 15 is 0 Å². The number of H-pyrrole nitrogens is 2. The van der Waals surface area contributed by atoms with E-state index in [4.69, 9.17) is 0 Å². The highest BCUT2D eigenvalue weighted by atomic mass is 16.1. The van der Waals surface area contributed by atoms with E-state index in [1.807, 2.05) is 48.5 Å². The fourth-order valence-corrected chi connectivity index (χ4v) is 4.68. The average Bonchev–Trinajstić information content (AvgIpc) is 2.79. The third-order valence-electron chi connectivity index (χ3n) is 6.33. The van der Waals surface area contributed by atoms with Crippen LogP contribution in [0.5, 0.6) is 0 Å². The Kier molecular flexibility index (Phi) is 4.54. The maximum absolute atomic E-state index is 13.6. The van der Waals surface area contributed by atoms with E-state index in [9.17, 15) is 9.59 Å². The van der Waals surface area contributed by atoms with Crippen LogP contribution in [0.1, 0.15) is 26.3 Å². The lowest BCUT2D eigenvalue weighted by atomic mass is 10.0.